The number of nitrogens with one attached hydrogen (secondary N) is 1. The molecule has 3 rings (SSSR count). The van der Waals surface area contributed by atoms with Crippen molar-refractivity contribution in [1.29, 1.82) is 5.26 Å². The van der Waals surface area contributed by atoms with E-state index in [4.69, 9.17) is 4.74 Å². The zero-order chi connectivity index (χ0) is 18.5. The van der Waals surface area contributed by atoms with Crippen LogP contribution in [0.1, 0.15) is 47.3 Å². The number of hydrogen-bond acceptors (Lipinski definition) is 5. The molecule has 2 aromatic rings. The smallest absolute Gasteiger partial charge is 0.313 e. The molecule has 1 aromatic carbocycles. The molecular formula is C20H20N2O3S. The van der Waals surface area contributed by atoms with Crippen LogP contribution in [-0.4, -0.2) is 18.5 Å². The van der Waals surface area contributed by atoms with Gasteiger partial charge in [0.15, 0.2) is 6.61 Å². The molecule has 0 unspecified atom stereocenters. The molecule has 5 nitrogen and oxygen atoms in total. The van der Waals surface area contributed by atoms with E-state index in [2.05, 4.69) is 11.4 Å². The number of thiophene rings is 1. The average Bonchev–Trinajstić information content (AvgIpc) is 3.22. The Kier molecular flexibility index (Phi) is 5.69. The molecule has 0 fully saturated rings. The number of anilines is 1. The van der Waals surface area contributed by atoms with Crippen molar-refractivity contribution in [2.75, 3.05) is 11.9 Å². The summed E-state index contributed by atoms with van der Waals surface area (Å²) in [5, 5.41) is 12.6. The second-order valence-corrected chi connectivity index (χ2v) is 7.31. The van der Waals surface area contributed by atoms with Gasteiger partial charge in [0.05, 0.1) is 11.5 Å². The van der Waals surface area contributed by atoms with E-state index in [0.29, 0.717) is 17.0 Å². The van der Waals surface area contributed by atoms with Crippen molar-refractivity contribution in [1.82, 2.24) is 0 Å². The molecule has 0 spiro atoms. The SMILES string of the molecule is CC[C@@H](C(=O)OCC(=O)Nc1sc2c(c1C#N)CCC2)c1ccccc1. The lowest BCUT2D eigenvalue weighted by atomic mass is 9.97. The van der Waals surface area contributed by atoms with Crippen LogP contribution in [0.25, 0.3) is 0 Å². The van der Waals surface area contributed by atoms with Crippen LogP contribution in [-0.2, 0) is 27.2 Å². The van der Waals surface area contributed by atoms with Gasteiger partial charge in [-0.25, -0.2) is 0 Å². The number of aryl methyl sites for hydroxylation is 1. The zero-order valence-electron chi connectivity index (χ0n) is 14.6. The first kappa shape index (κ1) is 18.2. The molecule has 1 aromatic heterocycles. The fourth-order valence-electron chi connectivity index (χ4n) is 3.23. The molecule has 1 heterocycles. The highest BCUT2D eigenvalue weighted by molar-refractivity contribution is 7.16. The topological polar surface area (TPSA) is 79.2 Å². The fraction of sp³-hybridized carbons (Fsp3) is 0.350. The maximum atomic E-state index is 12.3. The van der Waals surface area contributed by atoms with Crippen molar-refractivity contribution in [3.63, 3.8) is 0 Å². The Bertz CT molecular complexity index is 852. The highest BCUT2D eigenvalue weighted by Gasteiger charge is 2.24. The molecule has 1 amide bonds. The molecule has 0 bridgehead atoms. The summed E-state index contributed by atoms with van der Waals surface area (Å²) >= 11 is 1.45. The van der Waals surface area contributed by atoms with Crippen molar-refractivity contribution < 1.29 is 14.3 Å². The lowest BCUT2D eigenvalue weighted by Crippen LogP contribution is -2.23. The van der Waals surface area contributed by atoms with Crippen LogP contribution in [0.3, 0.4) is 0 Å². The molecule has 0 aliphatic heterocycles. The maximum absolute atomic E-state index is 12.3. The Morgan fingerprint density at radius 1 is 1.31 bits per heavy atom. The second-order valence-electron chi connectivity index (χ2n) is 6.20. The Morgan fingerprint density at radius 2 is 2.08 bits per heavy atom. The predicted molar refractivity (Wildman–Crippen MR) is 100 cm³/mol. The molecule has 1 aliphatic carbocycles. The standard InChI is InChI=1S/C20H20N2O3S/c1-2-14(13-7-4-3-5-8-13)20(24)25-12-18(23)22-19-16(11-21)15-9-6-10-17(15)26-19/h3-5,7-8,14H,2,6,9-10,12H2,1H3,(H,22,23)/t14-/m1/s1. The quantitative estimate of drug-likeness (QED) is 0.787. The number of ether oxygens (including phenoxy) is 1. The number of benzene rings is 1. The van der Waals surface area contributed by atoms with Gasteiger partial charge in [0.25, 0.3) is 5.91 Å². The van der Waals surface area contributed by atoms with Crippen LogP contribution in [0.2, 0.25) is 0 Å². The summed E-state index contributed by atoms with van der Waals surface area (Å²) in [4.78, 5) is 25.7. The van der Waals surface area contributed by atoms with Gasteiger partial charge < -0.3 is 10.1 Å². The van der Waals surface area contributed by atoms with E-state index in [1.54, 1.807) is 0 Å². The number of nitriles is 1. The molecule has 1 atom stereocenters. The maximum Gasteiger partial charge on any atom is 0.313 e. The molecule has 134 valence electrons. The van der Waals surface area contributed by atoms with E-state index < -0.39 is 11.9 Å². The number of fused-ring (bicyclic) bond motifs is 1. The van der Waals surface area contributed by atoms with E-state index in [-0.39, 0.29) is 12.5 Å². The van der Waals surface area contributed by atoms with E-state index in [9.17, 15) is 14.9 Å². The number of carbonyl (C=O) groups excluding carboxylic acids is 2. The molecule has 1 N–H and O–H groups in total. The largest absolute Gasteiger partial charge is 0.455 e. The number of hydrogen-bond donors (Lipinski definition) is 1. The molecule has 26 heavy (non-hydrogen) atoms. The summed E-state index contributed by atoms with van der Waals surface area (Å²) in [7, 11) is 0. The van der Waals surface area contributed by atoms with Gasteiger partial charge in [-0.2, -0.15) is 5.26 Å². The first-order valence-electron chi connectivity index (χ1n) is 8.70. The summed E-state index contributed by atoms with van der Waals surface area (Å²) in [5.41, 5.74) is 2.49. The van der Waals surface area contributed by atoms with Gasteiger partial charge >= 0.3 is 5.97 Å². The van der Waals surface area contributed by atoms with Crippen LogP contribution in [0.4, 0.5) is 5.00 Å². The van der Waals surface area contributed by atoms with Gasteiger partial charge in [-0.3, -0.25) is 9.59 Å². The first-order valence-corrected chi connectivity index (χ1v) is 9.51. The van der Waals surface area contributed by atoms with Crippen LogP contribution in [0.15, 0.2) is 30.3 Å². The number of amides is 1. The van der Waals surface area contributed by atoms with Crippen LogP contribution >= 0.6 is 11.3 Å². The lowest BCUT2D eigenvalue weighted by molar-refractivity contribution is -0.149. The van der Waals surface area contributed by atoms with Crippen molar-refractivity contribution in [3.8, 4) is 6.07 Å². The molecule has 6 heteroatoms. The molecular weight excluding hydrogens is 348 g/mol. The summed E-state index contributed by atoms with van der Waals surface area (Å²) in [6.45, 7) is 1.56. The summed E-state index contributed by atoms with van der Waals surface area (Å²) in [6, 6.07) is 11.6. The third-order valence-corrected chi connectivity index (χ3v) is 5.73. The van der Waals surface area contributed by atoms with E-state index in [1.807, 2.05) is 37.3 Å². The molecule has 0 saturated heterocycles. The van der Waals surface area contributed by atoms with Crippen LogP contribution in [0.5, 0.6) is 0 Å². The number of rotatable bonds is 6. The predicted octanol–water partition coefficient (Wildman–Crippen LogP) is 3.78. The Labute approximate surface area is 156 Å². The highest BCUT2D eigenvalue weighted by atomic mass is 32.1. The van der Waals surface area contributed by atoms with Crippen molar-refractivity contribution in [2.24, 2.45) is 0 Å². The highest BCUT2D eigenvalue weighted by Crippen LogP contribution is 2.38. The van der Waals surface area contributed by atoms with Gasteiger partial charge in [-0.05, 0) is 36.8 Å². The zero-order valence-corrected chi connectivity index (χ0v) is 15.4. The Hall–Kier alpha value is -2.65. The van der Waals surface area contributed by atoms with Gasteiger partial charge in [0.1, 0.15) is 11.1 Å². The lowest BCUT2D eigenvalue weighted by Gasteiger charge is -2.14. The van der Waals surface area contributed by atoms with Gasteiger partial charge in [-0.1, -0.05) is 37.3 Å². The second kappa shape index (κ2) is 8.15. The van der Waals surface area contributed by atoms with E-state index in [0.717, 1.165) is 30.4 Å². The molecule has 0 radical (unpaired) electrons. The Morgan fingerprint density at radius 3 is 2.77 bits per heavy atom. The molecule has 0 saturated carbocycles. The Balaban J connectivity index is 1.59. The van der Waals surface area contributed by atoms with Gasteiger partial charge in [-0.15, -0.1) is 11.3 Å². The number of esters is 1. The summed E-state index contributed by atoms with van der Waals surface area (Å²) in [5.74, 6) is -1.22. The summed E-state index contributed by atoms with van der Waals surface area (Å²) in [6.07, 6.45) is 3.49. The van der Waals surface area contributed by atoms with Crippen molar-refractivity contribution >= 4 is 28.2 Å². The monoisotopic (exact) mass is 368 g/mol. The number of carbonyl (C=O) groups is 2. The van der Waals surface area contributed by atoms with Gasteiger partial charge in [0.2, 0.25) is 0 Å². The minimum Gasteiger partial charge on any atom is -0.455 e. The van der Waals surface area contributed by atoms with Crippen molar-refractivity contribution in [3.05, 3.63) is 51.9 Å². The fourth-order valence-corrected chi connectivity index (χ4v) is 4.49. The number of nitrogens with zero attached hydrogens (tertiary/aromatic N) is 1. The van der Waals surface area contributed by atoms with Crippen LogP contribution < -0.4 is 5.32 Å². The molecule has 1 aliphatic rings. The third-order valence-electron chi connectivity index (χ3n) is 4.53. The third kappa shape index (κ3) is 3.78. The van der Waals surface area contributed by atoms with Crippen molar-refractivity contribution in [2.45, 2.75) is 38.5 Å². The normalized spacial score (nSPS) is 13.5. The van der Waals surface area contributed by atoms with Gasteiger partial charge in [0, 0.05) is 4.88 Å². The van der Waals surface area contributed by atoms with E-state index >= 15 is 0 Å². The summed E-state index contributed by atoms with van der Waals surface area (Å²) < 4.78 is 5.21. The minimum absolute atomic E-state index is 0.352. The average molecular weight is 368 g/mol. The minimum atomic E-state index is -0.419. The van der Waals surface area contributed by atoms with E-state index in [1.165, 1.54) is 16.2 Å². The first-order chi connectivity index (χ1) is 12.6. The van der Waals surface area contributed by atoms with Crippen LogP contribution in [0, 0.1) is 11.3 Å².